The summed E-state index contributed by atoms with van der Waals surface area (Å²) in [5.41, 5.74) is 1.54. The molecule has 0 aliphatic heterocycles. The van der Waals surface area contributed by atoms with Gasteiger partial charge in [0.1, 0.15) is 0 Å². The minimum Gasteiger partial charge on any atom is -0.317 e. The van der Waals surface area contributed by atoms with Crippen molar-refractivity contribution < 1.29 is 0 Å². The van der Waals surface area contributed by atoms with Gasteiger partial charge in [-0.3, -0.25) is 4.68 Å². The largest absolute Gasteiger partial charge is 0.317 e. The van der Waals surface area contributed by atoms with Gasteiger partial charge in [-0.05, 0) is 50.3 Å². The highest BCUT2D eigenvalue weighted by Crippen LogP contribution is 2.25. The lowest BCUT2D eigenvalue weighted by Crippen LogP contribution is -2.24. The molecule has 0 saturated carbocycles. The van der Waals surface area contributed by atoms with Crippen LogP contribution >= 0.6 is 0 Å². The lowest BCUT2D eigenvalue weighted by atomic mass is 9.84. The lowest BCUT2D eigenvalue weighted by Gasteiger charge is -2.23. The van der Waals surface area contributed by atoms with E-state index in [4.69, 9.17) is 5.10 Å². The van der Waals surface area contributed by atoms with Gasteiger partial charge in [0.15, 0.2) is 0 Å². The molecule has 0 saturated heterocycles. The van der Waals surface area contributed by atoms with E-state index in [0.29, 0.717) is 11.5 Å². The summed E-state index contributed by atoms with van der Waals surface area (Å²) < 4.78 is 2.15. The van der Waals surface area contributed by atoms with E-state index in [-0.39, 0.29) is 0 Å². The Kier molecular flexibility index (Phi) is 6.56. The predicted octanol–water partition coefficient (Wildman–Crippen LogP) is 3.81. The lowest BCUT2D eigenvalue weighted by molar-refractivity contribution is 0.320. The van der Waals surface area contributed by atoms with E-state index in [1.807, 2.05) is 0 Å². The Hall–Kier alpha value is -0.830. The van der Waals surface area contributed by atoms with Crippen LogP contribution in [0.3, 0.4) is 0 Å². The first kappa shape index (κ1) is 16.2. The van der Waals surface area contributed by atoms with Gasteiger partial charge in [-0.1, -0.05) is 34.6 Å². The molecular formula is C16H31N3. The van der Waals surface area contributed by atoms with E-state index in [2.05, 4.69) is 56.9 Å². The standard InChI is InChI=1S/C16H31N3/c1-6-15(7-2)19-12-9-14(18-19)13-16(4,5)10-11-17-8-3/h9,12,15,17H,6-8,10-11,13H2,1-5H3. The van der Waals surface area contributed by atoms with Crippen LogP contribution in [-0.4, -0.2) is 22.9 Å². The van der Waals surface area contributed by atoms with Gasteiger partial charge in [0.05, 0.1) is 11.7 Å². The third-order valence-corrected chi connectivity index (χ3v) is 3.87. The molecule has 1 N–H and O–H groups in total. The maximum Gasteiger partial charge on any atom is 0.0630 e. The molecule has 0 fully saturated rings. The van der Waals surface area contributed by atoms with Crippen molar-refractivity contribution in [3.63, 3.8) is 0 Å². The van der Waals surface area contributed by atoms with Gasteiger partial charge in [0, 0.05) is 6.20 Å². The van der Waals surface area contributed by atoms with Crippen LogP contribution in [0.15, 0.2) is 12.3 Å². The summed E-state index contributed by atoms with van der Waals surface area (Å²) in [6.45, 7) is 13.4. The molecule has 0 aromatic carbocycles. The Morgan fingerprint density at radius 1 is 1.26 bits per heavy atom. The van der Waals surface area contributed by atoms with Gasteiger partial charge in [0.25, 0.3) is 0 Å². The molecule has 1 rings (SSSR count). The van der Waals surface area contributed by atoms with Crippen molar-refractivity contribution in [2.75, 3.05) is 13.1 Å². The van der Waals surface area contributed by atoms with Crippen LogP contribution in [0.5, 0.6) is 0 Å². The molecule has 3 heteroatoms. The third-order valence-electron chi connectivity index (χ3n) is 3.87. The second kappa shape index (κ2) is 7.68. The number of hydrogen-bond acceptors (Lipinski definition) is 2. The van der Waals surface area contributed by atoms with E-state index in [0.717, 1.165) is 32.4 Å². The summed E-state index contributed by atoms with van der Waals surface area (Å²) in [4.78, 5) is 0. The Balaban J connectivity index is 2.56. The zero-order valence-electron chi connectivity index (χ0n) is 13.4. The van der Waals surface area contributed by atoms with Crippen molar-refractivity contribution in [2.45, 2.75) is 66.3 Å². The summed E-state index contributed by atoms with van der Waals surface area (Å²) in [7, 11) is 0. The summed E-state index contributed by atoms with van der Waals surface area (Å²) >= 11 is 0. The van der Waals surface area contributed by atoms with Gasteiger partial charge < -0.3 is 5.32 Å². The molecule has 0 atom stereocenters. The fourth-order valence-corrected chi connectivity index (χ4v) is 2.52. The molecule has 0 bridgehead atoms. The first-order chi connectivity index (χ1) is 9.02. The fraction of sp³-hybridized carbons (Fsp3) is 0.812. The second-order valence-electron chi connectivity index (χ2n) is 6.20. The van der Waals surface area contributed by atoms with Gasteiger partial charge in [-0.15, -0.1) is 0 Å². The second-order valence-corrected chi connectivity index (χ2v) is 6.20. The Bertz CT molecular complexity index is 351. The van der Waals surface area contributed by atoms with Crippen LogP contribution in [-0.2, 0) is 6.42 Å². The molecule has 1 aromatic rings. The van der Waals surface area contributed by atoms with Crippen molar-refractivity contribution in [3.8, 4) is 0 Å². The predicted molar refractivity (Wildman–Crippen MR) is 82.5 cm³/mol. The molecule has 0 spiro atoms. The Morgan fingerprint density at radius 3 is 2.53 bits per heavy atom. The SMILES string of the molecule is CCNCCC(C)(C)Cc1ccn(C(CC)CC)n1. The maximum absolute atomic E-state index is 4.76. The molecule has 1 heterocycles. The van der Waals surface area contributed by atoms with E-state index in [1.165, 1.54) is 12.1 Å². The van der Waals surface area contributed by atoms with E-state index < -0.39 is 0 Å². The van der Waals surface area contributed by atoms with E-state index in [9.17, 15) is 0 Å². The van der Waals surface area contributed by atoms with Crippen LogP contribution < -0.4 is 5.32 Å². The average Bonchev–Trinajstić information content (AvgIpc) is 2.78. The summed E-state index contributed by atoms with van der Waals surface area (Å²) in [5, 5.41) is 8.17. The number of hydrogen-bond donors (Lipinski definition) is 1. The van der Waals surface area contributed by atoms with Crippen molar-refractivity contribution in [3.05, 3.63) is 18.0 Å². The number of nitrogens with zero attached hydrogens (tertiary/aromatic N) is 2. The van der Waals surface area contributed by atoms with Gasteiger partial charge in [0.2, 0.25) is 0 Å². The van der Waals surface area contributed by atoms with Crippen LogP contribution in [0.2, 0.25) is 0 Å². The topological polar surface area (TPSA) is 29.9 Å². The summed E-state index contributed by atoms with van der Waals surface area (Å²) in [6, 6.07) is 2.74. The highest BCUT2D eigenvalue weighted by molar-refractivity contribution is 5.03. The average molecular weight is 265 g/mol. The quantitative estimate of drug-likeness (QED) is 0.688. The zero-order valence-corrected chi connectivity index (χ0v) is 13.4. The Morgan fingerprint density at radius 2 is 1.95 bits per heavy atom. The Labute approximate surface area is 118 Å². The first-order valence-electron chi connectivity index (χ1n) is 7.77. The number of rotatable bonds is 9. The molecule has 0 unspecified atom stereocenters. The first-order valence-corrected chi connectivity index (χ1v) is 7.77. The summed E-state index contributed by atoms with van der Waals surface area (Å²) in [6.07, 6.45) is 6.71. The van der Waals surface area contributed by atoms with Crippen LogP contribution in [0.25, 0.3) is 0 Å². The van der Waals surface area contributed by atoms with Crippen molar-refractivity contribution in [1.29, 1.82) is 0 Å². The molecule has 0 radical (unpaired) electrons. The fourth-order valence-electron chi connectivity index (χ4n) is 2.52. The monoisotopic (exact) mass is 265 g/mol. The van der Waals surface area contributed by atoms with Crippen molar-refractivity contribution >= 4 is 0 Å². The zero-order chi connectivity index (χ0) is 14.3. The molecule has 0 aliphatic carbocycles. The van der Waals surface area contributed by atoms with Crippen molar-refractivity contribution in [2.24, 2.45) is 5.41 Å². The van der Waals surface area contributed by atoms with Crippen molar-refractivity contribution in [1.82, 2.24) is 15.1 Å². The van der Waals surface area contributed by atoms with Gasteiger partial charge in [-0.25, -0.2) is 0 Å². The van der Waals surface area contributed by atoms with Crippen LogP contribution in [0, 0.1) is 5.41 Å². The van der Waals surface area contributed by atoms with Gasteiger partial charge in [-0.2, -0.15) is 5.10 Å². The molecule has 0 amide bonds. The minimum atomic E-state index is 0.315. The van der Waals surface area contributed by atoms with E-state index >= 15 is 0 Å². The smallest absolute Gasteiger partial charge is 0.0630 e. The van der Waals surface area contributed by atoms with Crippen LogP contribution in [0.4, 0.5) is 0 Å². The van der Waals surface area contributed by atoms with Crippen LogP contribution in [0.1, 0.15) is 65.6 Å². The van der Waals surface area contributed by atoms with E-state index in [1.54, 1.807) is 0 Å². The molecule has 0 aliphatic rings. The highest BCUT2D eigenvalue weighted by atomic mass is 15.3. The molecule has 3 nitrogen and oxygen atoms in total. The third kappa shape index (κ3) is 5.35. The maximum atomic E-state index is 4.76. The van der Waals surface area contributed by atoms with Gasteiger partial charge >= 0.3 is 0 Å². The normalized spacial score (nSPS) is 12.3. The minimum absolute atomic E-state index is 0.315. The highest BCUT2D eigenvalue weighted by Gasteiger charge is 2.20. The molecule has 110 valence electrons. The molecular weight excluding hydrogens is 234 g/mol. The number of nitrogens with one attached hydrogen (secondary N) is 1. The number of aromatic nitrogens is 2. The molecule has 1 aromatic heterocycles. The summed E-state index contributed by atoms with van der Waals surface area (Å²) in [5.74, 6) is 0. The molecule has 19 heavy (non-hydrogen) atoms.